The van der Waals surface area contributed by atoms with E-state index in [1.807, 2.05) is 26.2 Å². The second kappa shape index (κ2) is 7.04. The number of hydrogen-bond donors (Lipinski definition) is 1. The number of hydrogen-bond acceptors (Lipinski definition) is 6. The van der Waals surface area contributed by atoms with E-state index in [4.69, 9.17) is 4.42 Å². The van der Waals surface area contributed by atoms with Crippen LogP contribution in [0, 0.1) is 13.8 Å². The summed E-state index contributed by atoms with van der Waals surface area (Å²) >= 11 is 1.48. The Morgan fingerprint density at radius 3 is 2.92 bits per heavy atom. The molecule has 3 rings (SSSR count). The molecule has 8 heteroatoms. The van der Waals surface area contributed by atoms with Crippen molar-refractivity contribution in [2.75, 3.05) is 6.26 Å². The lowest BCUT2D eigenvalue weighted by Crippen LogP contribution is -2.23. The van der Waals surface area contributed by atoms with Crippen molar-refractivity contribution in [1.29, 1.82) is 0 Å². The average Bonchev–Trinajstić information content (AvgIpc) is 3.21. The van der Waals surface area contributed by atoms with Crippen LogP contribution in [0.2, 0.25) is 0 Å². The maximum atomic E-state index is 12.0. The number of amides is 1. The number of carbonyl (C=O) groups is 1. The lowest BCUT2D eigenvalue weighted by molar-refractivity contribution is -0.121. The van der Waals surface area contributed by atoms with Crippen molar-refractivity contribution in [3.05, 3.63) is 41.1 Å². The van der Waals surface area contributed by atoms with Gasteiger partial charge in [-0.25, -0.2) is 9.50 Å². The highest BCUT2D eigenvalue weighted by atomic mass is 32.2. The summed E-state index contributed by atoms with van der Waals surface area (Å²) in [7, 11) is 0. The normalized spacial score (nSPS) is 11.1. The Morgan fingerprint density at radius 2 is 2.21 bits per heavy atom. The Bertz CT molecular complexity index is 857. The zero-order valence-corrected chi connectivity index (χ0v) is 14.7. The van der Waals surface area contributed by atoms with Crippen LogP contribution in [0.25, 0.3) is 5.78 Å². The highest BCUT2D eigenvalue weighted by molar-refractivity contribution is 7.98. The van der Waals surface area contributed by atoms with Gasteiger partial charge in [0.25, 0.3) is 5.78 Å². The Kier molecular flexibility index (Phi) is 4.84. The molecule has 0 radical (unpaired) electrons. The molecule has 3 aromatic rings. The maximum absolute atomic E-state index is 12.0. The fraction of sp³-hybridized carbons (Fsp3) is 0.375. The predicted octanol–water partition coefficient (Wildman–Crippen LogP) is 2.31. The summed E-state index contributed by atoms with van der Waals surface area (Å²) in [6.45, 7) is 4.33. The van der Waals surface area contributed by atoms with Gasteiger partial charge in [-0.3, -0.25) is 4.79 Å². The highest BCUT2D eigenvalue weighted by Crippen LogP contribution is 2.18. The Balaban J connectivity index is 1.69. The van der Waals surface area contributed by atoms with Gasteiger partial charge in [0.05, 0.1) is 12.8 Å². The van der Waals surface area contributed by atoms with E-state index in [-0.39, 0.29) is 5.91 Å². The van der Waals surface area contributed by atoms with Crippen molar-refractivity contribution >= 4 is 23.4 Å². The molecular weight excluding hydrogens is 326 g/mol. The Morgan fingerprint density at radius 1 is 1.38 bits per heavy atom. The van der Waals surface area contributed by atoms with E-state index in [0.29, 0.717) is 30.3 Å². The lowest BCUT2D eigenvalue weighted by atomic mass is 10.1. The monoisotopic (exact) mass is 345 g/mol. The first kappa shape index (κ1) is 16.5. The number of rotatable bonds is 6. The van der Waals surface area contributed by atoms with Gasteiger partial charge < -0.3 is 9.73 Å². The van der Waals surface area contributed by atoms with Crippen molar-refractivity contribution in [2.24, 2.45) is 0 Å². The third-order valence-electron chi connectivity index (χ3n) is 3.85. The van der Waals surface area contributed by atoms with Gasteiger partial charge in [0.1, 0.15) is 5.76 Å². The fourth-order valence-electron chi connectivity index (χ4n) is 2.56. The van der Waals surface area contributed by atoms with E-state index < -0.39 is 0 Å². The number of aryl methyl sites for hydroxylation is 2. The van der Waals surface area contributed by atoms with Crippen LogP contribution >= 0.6 is 11.8 Å². The zero-order chi connectivity index (χ0) is 17.1. The van der Waals surface area contributed by atoms with Gasteiger partial charge in [0.15, 0.2) is 0 Å². The number of carbonyl (C=O) groups excluding carboxylic acids is 1. The van der Waals surface area contributed by atoms with E-state index in [2.05, 4.69) is 20.4 Å². The second-order valence-corrected chi connectivity index (χ2v) is 6.20. The van der Waals surface area contributed by atoms with Gasteiger partial charge >= 0.3 is 0 Å². The summed E-state index contributed by atoms with van der Waals surface area (Å²) in [6.07, 6.45) is 4.52. The van der Waals surface area contributed by atoms with Gasteiger partial charge in [-0.15, -0.1) is 5.10 Å². The van der Waals surface area contributed by atoms with Crippen molar-refractivity contribution in [2.45, 2.75) is 38.4 Å². The number of nitrogens with one attached hydrogen (secondary N) is 1. The van der Waals surface area contributed by atoms with Crippen LogP contribution in [0.15, 0.2) is 28.0 Å². The molecule has 3 heterocycles. The molecule has 0 aliphatic rings. The van der Waals surface area contributed by atoms with Crippen LogP contribution < -0.4 is 5.32 Å². The van der Waals surface area contributed by atoms with Crippen molar-refractivity contribution in [3.63, 3.8) is 0 Å². The second-order valence-electron chi connectivity index (χ2n) is 5.43. The quantitative estimate of drug-likeness (QED) is 0.690. The number of aromatic nitrogens is 4. The Labute approximate surface area is 143 Å². The van der Waals surface area contributed by atoms with E-state index in [1.54, 1.807) is 16.8 Å². The molecule has 0 aliphatic carbocycles. The molecule has 126 valence electrons. The van der Waals surface area contributed by atoms with Gasteiger partial charge in [0, 0.05) is 17.8 Å². The molecular formula is C16H19N5O2S. The van der Waals surface area contributed by atoms with Gasteiger partial charge in [-0.05, 0) is 44.2 Å². The molecule has 7 nitrogen and oxygen atoms in total. The van der Waals surface area contributed by atoms with Crippen molar-refractivity contribution < 1.29 is 9.21 Å². The summed E-state index contributed by atoms with van der Waals surface area (Å²) in [5.41, 5.74) is 2.90. The first-order valence-corrected chi connectivity index (χ1v) is 8.87. The number of fused-ring (bicyclic) bond motifs is 1. The predicted molar refractivity (Wildman–Crippen MR) is 90.9 cm³/mol. The minimum absolute atomic E-state index is 0.0197. The lowest BCUT2D eigenvalue weighted by Gasteiger charge is -2.10. The van der Waals surface area contributed by atoms with E-state index in [9.17, 15) is 4.79 Å². The molecule has 0 aromatic carbocycles. The van der Waals surface area contributed by atoms with Crippen LogP contribution in [0.1, 0.15) is 29.1 Å². The van der Waals surface area contributed by atoms with Crippen molar-refractivity contribution in [1.82, 2.24) is 24.9 Å². The van der Waals surface area contributed by atoms with Crippen LogP contribution in [-0.4, -0.2) is 31.7 Å². The minimum Gasteiger partial charge on any atom is -0.467 e. The molecule has 0 atom stereocenters. The third-order valence-corrected chi connectivity index (χ3v) is 4.39. The average molecular weight is 345 g/mol. The molecule has 24 heavy (non-hydrogen) atoms. The van der Waals surface area contributed by atoms with Crippen molar-refractivity contribution in [3.8, 4) is 0 Å². The van der Waals surface area contributed by atoms with Gasteiger partial charge in [0.2, 0.25) is 11.1 Å². The summed E-state index contributed by atoms with van der Waals surface area (Å²) in [6, 6.07) is 3.64. The van der Waals surface area contributed by atoms with E-state index in [0.717, 1.165) is 22.7 Å². The molecule has 1 N–H and O–H groups in total. The molecule has 0 saturated carbocycles. The summed E-state index contributed by atoms with van der Waals surface area (Å²) in [4.78, 5) is 20.9. The number of nitrogens with zero attached hydrogens (tertiary/aromatic N) is 4. The van der Waals surface area contributed by atoms with Crippen LogP contribution in [-0.2, 0) is 17.8 Å². The van der Waals surface area contributed by atoms with E-state index >= 15 is 0 Å². The minimum atomic E-state index is -0.0197. The van der Waals surface area contributed by atoms with Gasteiger partial charge in [-0.1, -0.05) is 11.8 Å². The van der Waals surface area contributed by atoms with E-state index in [1.165, 1.54) is 11.8 Å². The molecule has 0 aliphatic heterocycles. The molecule has 0 unspecified atom stereocenters. The van der Waals surface area contributed by atoms with Crippen LogP contribution in [0.5, 0.6) is 0 Å². The molecule has 0 fully saturated rings. The van der Waals surface area contributed by atoms with Gasteiger partial charge in [-0.2, -0.15) is 4.98 Å². The maximum Gasteiger partial charge on any atom is 0.253 e. The third kappa shape index (κ3) is 3.43. The summed E-state index contributed by atoms with van der Waals surface area (Å²) in [5, 5.41) is 7.97. The molecule has 1 amide bonds. The molecule has 0 saturated heterocycles. The largest absolute Gasteiger partial charge is 0.467 e. The standard InChI is InChI=1S/C16H19N5O2S/c1-10-13(6-7-14(22)17-9-12-5-4-8-23-12)11(2)21-15(18-10)19-16(20-21)24-3/h4-5,8H,6-7,9H2,1-3H3,(H,17,22). The first-order valence-electron chi connectivity index (χ1n) is 7.64. The number of thioether (sulfide) groups is 1. The number of furan rings is 1. The molecule has 0 bridgehead atoms. The fourth-order valence-corrected chi connectivity index (χ4v) is 2.90. The zero-order valence-electron chi connectivity index (χ0n) is 13.9. The summed E-state index contributed by atoms with van der Waals surface area (Å²) < 4.78 is 6.95. The van der Waals surface area contributed by atoms with Crippen LogP contribution in [0.3, 0.4) is 0 Å². The highest BCUT2D eigenvalue weighted by Gasteiger charge is 2.14. The molecule has 0 spiro atoms. The smallest absolute Gasteiger partial charge is 0.253 e. The van der Waals surface area contributed by atoms with Crippen LogP contribution in [0.4, 0.5) is 0 Å². The molecule has 3 aromatic heterocycles. The summed E-state index contributed by atoms with van der Waals surface area (Å²) in [5.74, 6) is 1.32. The Hall–Kier alpha value is -2.35. The topological polar surface area (TPSA) is 85.3 Å². The first-order chi connectivity index (χ1) is 11.6. The SMILES string of the molecule is CSc1nc2nc(C)c(CCC(=O)NCc3ccco3)c(C)n2n1.